The van der Waals surface area contributed by atoms with Crippen LogP contribution in [-0.2, 0) is 0 Å². The zero-order chi connectivity index (χ0) is 13.3. The molecule has 0 spiro atoms. The zero-order valence-electron chi connectivity index (χ0n) is 10.3. The van der Waals surface area contributed by atoms with E-state index in [-0.39, 0.29) is 11.6 Å². The first-order valence-electron chi connectivity index (χ1n) is 5.72. The van der Waals surface area contributed by atoms with Gasteiger partial charge in [-0.1, -0.05) is 24.3 Å². The number of carbonyl (C=O) groups is 2. The van der Waals surface area contributed by atoms with Gasteiger partial charge in [0.05, 0.1) is 11.0 Å². The lowest BCUT2D eigenvalue weighted by Crippen LogP contribution is -2.20. The number of hydrogen-bond donors (Lipinski definition) is 1. The molecule has 0 unspecified atom stereocenters. The summed E-state index contributed by atoms with van der Waals surface area (Å²) in [7, 11) is 0. The largest absolute Gasteiger partial charge is 0.393 e. The van der Waals surface area contributed by atoms with Crippen LogP contribution in [0.2, 0.25) is 0 Å². The molecule has 18 heavy (non-hydrogen) atoms. The van der Waals surface area contributed by atoms with E-state index >= 15 is 0 Å². The second-order valence-corrected chi connectivity index (χ2v) is 5.35. The molecule has 0 amide bonds. The minimum atomic E-state index is -0.504. The van der Waals surface area contributed by atoms with Crippen molar-refractivity contribution in [1.29, 1.82) is 0 Å². The number of rotatable bonds is 3. The van der Waals surface area contributed by atoms with E-state index in [1.165, 1.54) is 11.8 Å². The Bertz CT molecular complexity index is 544. The van der Waals surface area contributed by atoms with E-state index in [9.17, 15) is 14.7 Å². The molecule has 0 bridgehead atoms. The lowest BCUT2D eigenvalue weighted by Gasteiger charge is -2.18. The van der Waals surface area contributed by atoms with Crippen LogP contribution in [0, 0.1) is 0 Å². The summed E-state index contributed by atoms with van der Waals surface area (Å²) in [5.41, 5.74) is 1.41. The van der Waals surface area contributed by atoms with E-state index in [1.807, 2.05) is 0 Å². The van der Waals surface area contributed by atoms with Crippen molar-refractivity contribution in [1.82, 2.24) is 0 Å². The van der Waals surface area contributed by atoms with Crippen molar-refractivity contribution in [2.45, 2.75) is 20.0 Å². The van der Waals surface area contributed by atoms with Crippen molar-refractivity contribution in [3.63, 3.8) is 0 Å². The third-order valence-electron chi connectivity index (χ3n) is 2.77. The van der Waals surface area contributed by atoms with Crippen LogP contribution < -0.4 is 0 Å². The molecule has 0 saturated carbocycles. The van der Waals surface area contributed by atoms with Crippen LogP contribution in [0.4, 0.5) is 0 Å². The van der Waals surface area contributed by atoms with E-state index in [4.69, 9.17) is 0 Å². The van der Waals surface area contributed by atoms with E-state index in [0.717, 1.165) is 0 Å². The van der Waals surface area contributed by atoms with Gasteiger partial charge in [-0.3, -0.25) is 9.59 Å². The second-order valence-electron chi connectivity index (χ2n) is 4.32. The molecule has 0 aliphatic heterocycles. The van der Waals surface area contributed by atoms with Gasteiger partial charge in [0, 0.05) is 22.5 Å². The van der Waals surface area contributed by atoms with Crippen molar-refractivity contribution >= 4 is 23.3 Å². The average Bonchev–Trinajstić information content (AvgIpc) is 2.36. The highest BCUT2D eigenvalue weighted by atomic mass is 32.2. The van der Waals surface area contributed by atoms with Crippen LogP contribution in [-0.4, -0.2) is 28.5 Å². The van der Waals surface area contributed by atoms with Crippen LogP contribution in [0.3, 0.4) is 0 Å². The van der Waals surface area contributed by atoms with Gasteiger partial charge in [-0.15, -0.1) is 11.8 Å². The Morgan fingerprint density at radius 3 is 2.28 bits per heavy atom. The molecule has 4 heteroatoms. The maximum atomic E-state index is 12.3. The van der Waals surface area contributed by atoms with E-state index in [2.05, 4.69) is 0 Å². The predicted molar refractivity (Wildman–Crippen MR) is 71.9 cm³/mol. The van der Waals surface area contributed by atoms with Crippen LogP contribution in [0.25, 0.3) is 0 Å². The standard InChI is InChI=1S/C14H14O3S/c1-8(15)7-18-14-9(2)12(16)10-5-3-4-6-11(10)13(14)17/h3-6,8,15H,7H2,1-2H3/t8-/m0/s1. The molecular weight excluding hydrogens is 248 g/mol. The summed E-state index contributed by atoms with van der Waals surface area (Å²) in [6.45, 7) is 3.33. The number of hydrogen-bond acceptors (Lipinski definition) is 4. The van der Waals surface area contributed by atoms with Gasteiger partial charge in [-0.2, -0.15) is 0 Å². The second kappa shape index (κ2) is 5.08. The molecule has 94 valence electrons. The highest BCUT2D eigenvalue weighted by Crippen LogP contribution is 2.32. The Balaban J connectivity index is 2.40. The summed E-state index contributed by atoms with van der Waals surface area (Å²) in [5.74, 6) is 0.195. The molecule has 1 N–H and O–H groups in total. The van der Waals surface area contributed by atoms with E-state index in [0.29, 0.717) is 27.4 Å². The van der Waals surface area contributed by atoms with Crippen molar-refractivity contribution in [2.75, 3.05) is 5.75 Å². The minimum Gasteiger partial charge on any atom is -0.393 e. The fourth-order valence-corrected chi connectivity index (χ4v) is 2.81. The molecule has 3 nitrogen and oxygen atoms in total. The van der Waals surface area contributed by atoms with Gasteiger partial charge in [0.1, 0.15) is 0 Å². The number of carbonyl (C=O) groups excluding carboxylic acids is 2. The van der Waals surface area contributed by atoms with Crippen LogP contribution in [0.15, 0.2) is 34.7 Å². The summed E-state index contributed by atoms with van der Waals surface area (Å²) in [6, 6.07) is 6.85. The smallest absolute Gasteiger partial charge is 0.200 e. The molecule has 0 fully saturated rings. The van der Waals surface area contributed by atoms with Gasteiger partial charge in [-0.25, -0.2) is 0 Å². The third-order valence-corrected chi connectivity index (χ3v) is 4.20. The first-order chi connectivity index (χ1) is 8.52. The lowest BCUT2D eigenvalue weighted by atomic mass is 9.90. The molecule has 0 heterocycles. The molecule has 1 atom stereocenters. The molecule has 1 aliphatic rings. The molecule has 0 radical (unpaired) electrons. The maximum Gasteiger partial charge on any atom is 0.200 e. The monoisotopic (exact) mass is 262 g/mol. The number of aliphatic hydroxyl groups excluding tert-OH is 1. The number of Topliss-reactive ketones (excluding diaryl/α,β-unsaturated/α-hetero) is 2. The lowest BCUT2D eigenvalue weighted by molar-refractivity contribution is 0.0981. The van der Waals surface area contributed by atoms with Crippen LogP contribution >= 0.6 is 11.8 Å². The number of ketones is 2. The average molecular weight is 262 g/mol. The van der Waals surface area contributed by atoms with Gasteiger partial charge >= 0.3 is 0 Å². The van der Waals surface area contributed by atoms with Crippen molar-refractivity contribution in [3.8, 4) is 0 Å². The first kappa shape index (κ1) is 13.1. The Morgan fingerprint density at radius 2 is 1.72 bits per heavy atom. The number of fused-ring (bicyclic) bond motifs is 1. The van der Waals surface area contributed by atoms with Gasteiger partial charge in [0.2, 0.25) is 0 Å². The minimum absolute atomic E-state index is 0.0988. The quantitative estimate of drug-likeness (QED) is 0.909. The number of thioether (sulfide) groups is 1. The van der Waals surface area contributed by atoms with Crippen molar-refractivity contribution < 1.29 is 14.7 Å². The van der Waals surface area contributed by atoms with Crippen molar-refractivity contribution in [2.24, 2.45) is 0 Å². The van der Waals surface area contributed by atoms with Gasteiger partial charge in [-0.05, 0) is 13.8 Å². The molecule has 0 saturated heterocycles. The summed E-state index contributed by atoms with van der Waals surface area (Å²) in [6.07, 6.45) is -0.504. The molecule has 0 aromatic heterocycles. The Morgan fingerprint density at radius 1 is 1.17 bits per heavy atom. The molecule has 1 aliphatic carbocycles. The van der Waals surface area contributed by atoms with Crippen LogP contribution in [0.1, 0.15) is 34.6 Å². The van der Waals surface area contributed by atoms with Gasteiger partial charge in [0.25, 0.3) is 0 Å². The van der Waals surface area contributed by atoms with Gasteiger partial charge < -0.3 is 5.11 Å². The molecular formula is C14H14O3S. The highest BCUT2D eigenvalue weighted by molar-refractivity contribution is 8.04. The molecule has 1 aromatic carbocycles. The normalized spacial score (nSPS) is 16.8. The molecule has 1 aromatic rings. The Hall–Kier alpha value is -1.39. The highest BCUT2D eigenvalue weighted by Gasteiger charge is 2.29. The Labute approximate surface area is 110 Å². The third kappa shape index (κ3) is 2.26. The summed E-state index contributed by atoms with van der Waals surface area (Å²) in [4.78, 5) is 24.9. The van der Waals surface area contributed by atoms with E-state index < -0.39 is 6.10 Å². The topological polar surface area (TPSA) is 54.4 Å². The van der Waals surface area contributed by atoms with Crippen molar-refractivity contribution in [3.05, 3.63) is 45.9 Å². The number of allylic oxidation sites excluding steroid dienone is 2. The summed E-state index contributed by atoms with van der Waals surface area (Å²) < 4.78 is 0. The molecule has 2 rings (SSSR count). The summed E-state index contributed by atoms with van der Waals surface area (Å²) in [5, 5.41) is 9.28. The zero-order valence-corrected chi connectivity index (χ0v) is 11.1. The Kier molecular flexibility index (Phi) is 3.68. The number of benzene rings is 1. The summed E-state index contributed by atoms with van der Waals surface area (Å²) >= 11 is 1.25. The maximum absolute atomic E-state index is 12.3. The predicted octanol–water partition coefficient (Wildman–Crippen LogP) is 2.45. The van der Waals surface area contributed by atoms with Crippen LogP contribution in [0.5, 0.6) is 0 Å². The SMILES string of the molecule is CC1=C(SC[C@H](C)O)C(=O)c2ccccc2C1=O. The fraction of sp³-hybridized carbons (Fsp3) is 0.286. The fourth-order valence-electron chi connectivity index (χ4n) is 1.85. The first-order valence-corrected chi connectivity index (χ1v) is 6.71. The van der Waals surface area contributed by atoms with E-state index in [1.54, 1.807) is 38.1 Å². The number of aliphatic hydroxyl groups is 1. The van der Waals surface area contributed by atoms with Gasteiger partial charge in [0.15, 0.2) is 11.6 Å².